The Hall–Kier alpha value is -0.610. The minimum Gasteiger partial charge on any atom is -0.369 e. The first-order chi connectivity index (χ1) is 6.64. The highest BCUT2D eigenvalue weighted by atomic mass is 16.5. The summed E-state index contributed by atoms with van der Waals surface area (Å²) < 4.78 is 5.29. The maximum absolute atomic E-state index is 12.1. The van der Waals surface area contributed by atoms with Gasteiger partial charge in [-0.25, -0.2) is 0 Å². The summed E-state index contributed by atoms with van der Waals surface area (Å²) in [6.45, 7) is 7.18. The van der Waals surface area contributed by atoms with Crippen LogP contribution in [0.25, 0.3) is 0 Å². The Morgan fingerprint density at radius 3 is 2.50 bits per heavy atom. The van der Waals surface area contributed by atoms with Crippen LogP contribution in [0.3, 0.4) is 0 Å². The second-order valence-corrected chi connectivity index (χ2v) is 3.83. The lowest BCUT2D eigenvalue weighted by molar-refractivity contribution is -0.153. The normalized spacial score (nSPS) is 21.8. The average molecular weight is 200 g/mol. The Morgan fingerprint density at radius 1 is 1.50 bits per heavy atom. The van der Waals surface area contributed by atoms with Crippen molar-refractivity contribution in [3.8, 4) is 0 Å². The molecule has 0 saturated carbocycles. The number of piperazine rings is 1. The van der Waals surface area contributed by atoms with Crippen LogP contribution in [0.5, 0.6) is 0 Å². The molecule has 0 aromatic rings. The predicted octanol–water partition coefficient (Wildman–Crippen LogP) is 0.233. The van der Waals surface area contributed by atoms with Crippen molar-refractivity contribution in [1.29, 1.82) is 0 Å². The number of carbonyl (C=O) groups excluding carboxylic acids is 1. The third kappa shape index (κ3) is 2.25. The molecule has 1 fully saturated rings. The summed E-state index contributed by atoms with van der Waals surface area (Å²) in [5, 5.41) is 3.22. The first-order valence-electron chi connectivity index (χ1n) is 5.19. The molecule has 0 bridgehead atoms. The third-order valence-corrected chi connectivity index (χ3v) is 2.98. The van der Waals surface area contributed by atoms with Crippen molar-refractivity contribution in [3.63, 3.8) is 0 Å². The minimum atomic E-state index is -0.642. The van der Waals surface area contributed by atoms with Crippen molar-refractivity contribution >= 4 is 5.91 Å². The van der Waals surface area contributed by atoms with Gasteiger partial charge in [0.25, 0.3) is 5.91 Å². The molecule has 0 spiro atoms. The van der Waals surface area contributed by atoms with Crippen molar-refractivity contribution in [2.75, 3.05) is 33.3 Å². The van der Waals surface area contributed by atoms with Crippen LogP contribution in [0.4, 0.5) is 0 Å². The van der Waals surface area contributed by atoms with Gasteiger partial charge in [0, 0.05) is 33.3 Å². The van der Waals surface area contributed by atoms with E-state index in [1.54, 1.807) is 7.11 Å². The van der Waals surface area contributed by atoms with E-state index in [-0.39, 0.29) is 5.91 Å². The smallest absolute Gasteiger partial charge is 0.254 e. The van der Waals surface area contributed by atoms with Gasteiger partial charge in [-0.3, -0.25) is 4.79 Å². The summed E-state index contributed by atoms with van der Waals surface area (Å²) in [6.07, 6.45) is 0.715. The predicted molar refractivity (Wildman–Crippen MR) is 55.2 cm³/mol. The fraction of sp³-hybridized carbons (Fsp3) is 0.900. The highest BCUT2D eigenvalue weighted by Gasteiger charge is 2.35. The molecule has 1 N–H and O–H groups in total. The topological polar surface area (TPSA) is 41.6 Å². The van der Waals surface area contributed by atoms with E-state index in [4.69, 9.17) is 4.74 Å². The van der Waals surface area contributed by atoms with Gasteiger partial charge < -0.3 is 15.0 Å². The van der Waals surface area contributed by atoms with Crippen LogP contribution in [-0.2, 0) is 9.53 Å². The molecule has 1 aliphatic heterocycles. The largest absolute Gasteiger partial charge is 0.369 e. The van der Waals surface area contributed by atoms with Crippen LogP contribution < -0.4 is 5.32 Å². The van der Waals surface area contributed by atoms with E-state index >= 15 is 0 Å². The monoisotopic (exact) mass is 200 g/mol. The number of nitrogens with zero attached hydrogens (tertiary/aromatic N) is 1. The zero-order valence-electron chi connectivity index (χ0n) is 9.30. The molecule has 1 rings (SSSR count). The fourth-order valence-corrected chi connectivity index (χ4v) is 1.59. The van der Waals surface area contributed by atoms with E-state index in [2.05, 4.69) is 5.32 Å². The van der Waals surface area contributed by atoms with Gasteiger partial charge in [-0.15, -0.1) is 0 Å². The molecule has 14 heavy (non-hydrogen) atoms. The number of ether oxygens (including phenoxy) is 1. The second-order valence-electron chi connectivity index (χ2n) is 3.83. The maximum atomic E-state index is 12.1. The highest BCUT2D eigenvalue weighted by Crippen LogP contribution is 2.17. The van der Waals surface area contributed by atoms with Crippen LogP contribution in [-0.4, -0.2) is 49.7 Å². The highest BCUT2D eigenvalue weighted by molar-refractivity contribution is 5.84. The molecule has 0 radical (unpaired) electrons. The van der Waals surface area contributed by atoms with Gasteiger partial charge in [0.2, 0.25) is 0 Å². The number of hydrogen-bond acceptors (Lipinski definition) is 3. The van der Waals surface area contributed by atoms with Crippen LogP contribution in [0.2, 0.25) is 0 Å². The van der Waals surface area contributed by atoms with Gasteiger partial charge in [-0.2, -0.15) is 0 Å². The lowest BCUT2D eigenvalue weighted by Crippen LogP contribution is -2.54. The number of rotatable bonds is 3. The number of nitrogens with one attached hydrogen (secondary N) is 1. The van der Waals surface area contributed by atoms with E-state index in [0.29, 0.717) is 6.42 Å². The lowest BCUT2D eigenvalue weighted by atomic mass is 10.0. The van der Waals surface area contributed by atoms with E-state index in [0.717, 1.165) is 26.2 Å². The molecule has 1 saturated heterocycles. The maximum Gasteiger partial charge on any atom is 0.254 e. The summed E-state index contributed by atoms with van der Waals surface area (Å²) >= 11 is 0. The lowest BCUT2D eigenvalue weighted by Gasteiger charge is -2.35. The summed E-state index contributed by atoms with van der Waals surface area (Å²) in [5.74, 6) is 0.115. The summed E-state index contributed by atoms with van der Waals surface area (Å²) in [7, 11) is 1.60. The molecule has 1 unspecified atom stereocenters. The first kappa shape index (κ1) is 11.5. The van der Waals surface area contributed by atoms with Crippen molar-refractivity contribution < 1.29 is 9.53 Å². The molecule has 0 aliphatic carbocycles. The summed E-state index contributed by atoms with van der Waals surface area (Å²) in [6, 6.07) is 0. The molecule has 1 aliphatic rings. The van der Waals surface area contributed by atoms with Crippen molar-refractivity contribution in [3.05, 3.63) is 0 Å². The van der Waals surface area contributed by atoms with E-state index < -0.39 is 5.60 Å². The Bertz CT molecular complexity index is 196. The molecule has 4 heteroatoms. The first-order valence-corrected chi connectivity index (χ1v) is 5.19. The minimum absolute atomic E-state index is 0.115. The number of hydrogen-bond donors (Lipinski definition) is 1. The van der Waals surface area contributed by atoms with E-state index in [1.807, 2.05) is 18.7 Å². The zero-order valence-corrected chi connectivity index (χ0v) is 9.30. The summed E-state index contributed by atoms with van der Waals surface area (Å²) in [4.78, 5) is 13.9. The number of methoxy groups -OCH3 is 1. The molecule has 82 valence electrons. The number of carbonyl (C=O) groups is 1. The van der Waals surface area contributed by atoms with Crippen molar-refractivity contribution in [2.24, 2.45) is 0 Å². The average Bonchev–Trinajstić information content (AvgIpc) is 2.28. The Balaban J connectivity index is 2.61. The quantitative estimate of drug-likeness (QED) is 0.709. The third-order valence-electron chi connectivity index (χ3n) is 2.98. The Labute approximate surface area is 85.6 Å². The Morgan fingerprint density at radius 2 is 2.07 bits per heavy atom. The molecule has 1 heterocycles. The van der Waals surface area contributed by atoms with Gasteiger partial charge in [-0.1, -0.05) is 6.92 Å². The fourth-order valence-electron chi connectivity index (χ4n) is 1.59. The van der Waals surface area contributed by atoms with Gasteiger partial charge in [0.15, 0.2) is 0 Å². The molecule has 0 aromatic carbocycles. The van der Waals surface area contributed by atoms with Gasteiger partial charge >= 0.3 is 0 Å². The molecule has 4 nitrogen and oxygen atoms in total. The van der Waals surface area contributed by atoms with Crippen LogP contribution >= 0.6 is 0 Å². The second kappa shape index (κ2) is 4.75. The molecule has 0 aromatic heterocycles. The SMILES string of the molecule is CCC(C)(OC)C(=O)N1CCNCC1. The van der Waals surface area contributed by atoms with Gasteiger partial charge in [0.1, 0.15) is 5.60 Å². The molecular formula is C10H20N2O2. The molecule has 1 amide bonds. The van der Waals surface area contributed by atoms with Gasteiger partial charge in [0.05, 0.1) is 0 Å². The Kier molecular flexibility index (Phi) is 3.89. The van der Waals surface area contributed by atoms with Gasteiger partial charge in [-0.05, 0) is 13.3 Å². The molecular weight excluding hydrogens is 180 g/mol. The van der Waals surface area contributed by atoms with Crippen molar-refractivity contribution in [1.82, 2.24) is 10.2 Å². The van der Waals surface area contributed by atoms with Crippen LogP contribution in [0.15, 0.2) is 0 Å². The zero-order chi connectivity index (χ0) is 10.6. The van der Waals surface area contributed by atoms with E-state index in [1.165, 1.54) is 0 Å². The summed E-state index contributed by atoms with van der Waals surface area (Å²) in [5.41, 5.74) is -0.642. The molecule has 1 atom stereocenters. The van der Waals surface area contributed by atoms with E-state index in [9.17, 15) is 4.79 Å². The number of amides is 1. The van der Waals surface area contributed by atoms with Crippen LogP contribution in [0, 0.1) is 0 Å². The van der Waals surface area contributed by atoms with Crippen molar-refractivity contribution in [2.45, 2.75) is 25.9 Å². The van der Waals surface area contributed by atoms with Crippen LogP contribution in [0.1, 0.15) is 20.3 Å². The standard InChI is InChI=1S/C10H20N2O2/c1-4-10(2,14-3)9(13)12-7-5-11-6-8-12/h11H,4-8H2,1-3H3.